The van der Waals surface area contributed by atoms with E-state index in [1.165, 1.54) is 11.1 Å². The van der Waals surface area contributed by atoms with E-state index in [9.17, 15) is 4.55 Å². The molecule has 20 heavy (non-hydrogen) atoms. The molecule has 0 saturated carbocycles. The van der Waals surface area contributed by atoms with Crippen molar-refractivity contribution in [1.82, 2.24) is 4.90 Å². The fraction of sp³-hybridized carbons (Fsp3) is 0.500. The summed E-state index contributed by atoms with van der Waals surface area (Å²) >= 11 is -1.31. The third kappa shape index (κ3) is 4.35. The van der Waals surface area contributed by atoms with Crippen LogP contribution in [-0.2, 0) is 17.9 Å². The van der Waals surface area contributed by atoms with Crippen molar-refractivity contribution in [2.45, 2.75) is 38.0 Å². The molecule has 0 aliphatic carbocycles. The van der Waals surface area contributed by atoms with E-state index in [1.807, 2.05) is 13.8 Å². The van der Waals surface area contributed by atoms with Gasteiger partial charge in [-0.3, -0.25) is 4.90 Å². The van der Waals surface area contributed by atoms with Crippen molar-refractivity contribution in [2.24, 2.45) is 5.14 Å². The Morgan fingerprint density at radius 1 is 1.25 bits per heavy atom. The third-order valence-corrected chi connectivity index (χ3v) is 4.97. The van der Waals surface area contributed by atoms with Gasteiger partial charge < -0.3 is 4.55 Å². The largest absolute Gasteiger partial charge is 0.598 e. The van der Waals surface area contributed by atoms with Gasteiger partial charge in [-0.1, -0.05) is 35.9 Å². The lowest BCUT2D eigenvalue weighted by atomic mass is 9.99. The van der Waals surface area contributed by atoms with Crippen LogP contribution in [0, 0.1) is 0 Å². The average molecular weight is 292 g/mol. The maximum absolute atomic E-state index is 11.5. The molecule has 0 bridgehead atoms. The first-order chi connectivity index (χ1) is 9.47. The molecule has 1 aliphatic rings. The van der Waals surface area contributed by atoms with Gasteiger partial charge in [0.25, 0.3) is 0 Å². The molecule has 1 aliphatic heterocycles. The predicted octanol–water partition coefficient (Wildman–Crippen LogP) is 2.61. The zero-order valence-corrected chi connectivity index (χ0v) is 13.2. The molecule has 1 unspecified atom stereocenters. The summed E-state index contributed by atoms with van der Waals surface area (Å²) in [5, 5.41) is 5.53. The fourth-order valence-corrected chi connectivity index (χ4v) is 2.82. The Morgan fingerprint density at radius 2 is 1.85 bits per heavy atom. The zero-order chi connectivity index (χ0) is 14.6. The highest BCUT2D eigenvalue weighted by atomic mass is 32.2. The highest BCUT2D eigenvalue weighted by Crippen LogP contribution is 2.24. The van der Waals surface area contributed by atoms with Gasteiger partial charge in [-0.2, -0.15) is 5.14 Å². The first kappa shape index (κ1) is 15.6. The molecule has 3 nitrogen and oxygen atoms in total. The molecule has 1 heterocycles. The number of likely N-dealkylation sites (tertiary alicyclic amines) is 1. The SMILES string of the molecule is CC(C)(C=C1CCN(Cc2ccccc2)CC1)[S+](N)[O-]. The number of nitrogens with zero attached hydrogens (tertiary/aromatic N) is 1. The Hall–Kier alpha value is -0.810. The van der Waals surface area contributed by atoms with Gasteiger partial charge in [-0.25, -0.2) is 0 Å². The third-order valence-electron chi connectivity index (χ3n) is 3.82. The van der Waals surface area contributed by atoms with E-state index in [4.69, 9.17) is 5.14 Å². The van der Waals surface area contributed by atoms with Gasteiger partial charge in [-0.05, 0) is 38.3 Å². The molecular weight excluding hydrogens is 268 g/mol. The number of rotatable bonds is 4. The van der Waals surface area contributed by atoms with Gasteiger partial charge in [0.2, 0.25) is 0 Å². The molecule has 0 spiro atoms. The smallest absolute Gasteiger partial charge is 0.157 e. The van der Waals surface area contributed by atoms with Gasteiger partial charge in [0.05, 0.1) is 0 Å². The second kappa shape index (κ2) is 6.76. The lowest BCUT2D eigenvalue weighted by Gasteiger charge is -2.30. The molecule has 110 valence electrons. The first-order valence-corrected chi connectivity index (χ1v) is 8.32. The Balaban J connectivity index is 1.88. The maximum Gasteiger partial charge on any atom is 0.157 e. The van der Waals surface area contributed by atoms with Crippen molar-refractivity contribution in [3.05, 3.63) is 47.5 Å². The van der Waals surface area contributed by atoms with E-state index < -0.39 is 16.1 Å². The normalized spacial score (nSPS) is 18.9. The summed E-state index contributed by atoms with van der Waals surface area (Å²) in [5.41, 5.74) is 2.75. The van der Waals surface area contributed by atoms with Crippen molar-refractivity contribution in [3.8, 4) is 0 Å². The lowest BCUT2D eigenvalue weighted by molar-refractivity contribution is 0.247. The minimum Gasteiger partial charge on any atom is -0.598 e. The van der Waals surface area contributed by atoms with Crippen LogP contribution in [0.4, 0.5) is 0 Å². The molecule has 2 N–H and O–H groups in total. The molecule has 1 saturated heterocycles. The Kier molecular flexibility index (Phi) is 5.27. The number of nitrogens with two attached hydrogens (primary N) is 1. The van der Waals surface area contributed by atoms with Crippen LogP contribution >= 0.6 is 0 Å². The number of hydrogen-bond donors (Lipinski definition) is 1. The van der Waals surface area contributed by atoms with Gasteiger partial charge in [0.15, 0.2) is 4.75 Å². The minimum absolute atomic E-state index is 0.420. The summed E-state index contributed by atoms with van der Waals surface area (Å²) in [4.78, 5) is 2.47. The molecule has 1 aromatic rings. The van der Waals surface area contributed by atoms with E-state index in [0.29, 0.717) is 0 Å². The Labute approximate surface area is 125 Å². The summed E-state index contributed by atoms with van der Waals surface area (Å²) in [6, 6.07) is 10.6. The van der Waals surface area contributed by atoms with Crippen LogP contribution in [0.25, 0.3) is 0 Å². The molecule has 2 rings (SSSR count). The van der Waals surface area contributed by atoms with Gasteiger partial charge >= 0.3 is 0 Å². The summed E-state index contributed by atoms with van der Waals surface area (Å²) in [7, 11) is 0. The van der Waals surface area contributed by atoms with Crippen molar-refractivity contribution < 1.29 is 4.55 Å². The number of piperidine rings is 1. The second-order valence-corrected chi connectivity index (χ2v) is 7.61. The minimum atomic E-state index is -1.31. The zero-order valence-electron chi connectivity index (χ0n) is 12.3. The van der Waals surface area contributed by atoms with Crippen LogP contribution in [0.1, 0.15) is 32.3 Å². The highest BCUT2D eigenvalue weighted by molar-refractivity contribution is 7.90. The van der Waals surface area contributed by atoms with Crippen LogP contribution in [0.2, 0.25) is 0 Å². The van der Waals surface area contributed by atoms with Crippen molar-refractivity contribution in [3.63, 3.8) is 0 Å². The van der Waals surface area contributed by atoms with E-state index >= 15 is 0 Å². The summed E-state index contributed by atoms with van der Waals surface area (Å²) in [6.45, 7) is 7.02. The topological polar surface area (TPSA) is 52.3 Å². The van der Waals surface area contributed by atoms with Crippen LogP contribution in [0.5, 0.6) is 0 Å². The summed E-state index contributed by atoms with van der Waals surface area (Å²) < 4.78 is 11.1. The number of benzene rings is 1. The predicted molar refractivity (Wildman–Crippen MR) is 85.4 cm³/mol. The van der Waals surface area contributed by atoms with Crippen molar-refractivity contribution in [2.75, 3.05) is 13.1 Å². The fourth-order valence-electron chi connectivity index (χ4n) is 2.53. The second-order valence-electron chi connectivity index (χ2n) is 5.97. The summed E-state index contributed by atoms with van der Waals surface area (Å²) in [5.74, 6) is 0. The molecule has 0 radical (unpaired) electrons. The summed E-state index contributed by atoms with van der Waals surface area (Å²) in [6.07, 6.45) is 4.21. The van der Waals surface area contributed by atoms with E-state index in [0.717, 1.165) is 32.5 Å². The first-order valence-electron chi connectivity index (χ1n) is 7.10. The standard InChI is InChI=1S/C16H24N2OS/c1-16(2,20(17)19)12-14-8-10-18(11-9-14)13-15-6-4-3-5-7-15/h3-7,12H,8-11,13,17H2,1-2H3. The van der Waals surface area contributed by atoms with Crippen LogP contribution in [0.15, 0.2) is 42.0 Å². The van der Waals surface area contributed by atoms with E-state index in [1.54, 1.807) is 0 Å². The molecule has 4 heteroatoms. The van der Waals surface area contributed by atoms with Gasteiger partial charge in [0.1, 0.15) is 0 Å². The average Bonchev–Trinajstić information content (AvgIpc) is 2.42. The van der Waals surface area contributed by atoms with E-state index in [-0.39, 0.29) is 0 Å². The molecule has 0 amide bonds. The van der Waals surface area contributed by atoms with Crippen molar-refractivity contribution >= 4 is 11.4 Å². The van der Waals surface area contributed by atoms with Crippen LogP contribution in [0.3, 0.4) is 0 Å². The quantitative estimate of drug-likeness (QED) is 0.685. The van der Waals surface area contributed by atoms with Crippen molar-refractivity contribution in [1.29, 1.82) is 0 Å². The van der Waals surface area contributed by atoms with Gasteiger partial charge in [-0.15, -0.1) is 0 Å². The maximum atomic E-state index is 11.5. The van der Waals surface area contributed by atoms with Crippen LogP contribution in [-0.4, -0.2) is 27.3 Å². The highest BCUT2D eigenvalue weighted by Gasteiger charge is 2.28. The molecule has 1 aromatic carbocycles. The number of hydrogen-bond acceptors (Lipinski definition) is 3. The van der Waals surface area contributed by atoms with Gasteiger partial charge in [0, 0.05) is 31.0 Å². The Bertz CT molecular complexity index is 447. The molecule has 1 fully saturated rings. The molecular formula is C16H24N2OS. The molecule has 1 atom stereocenters. The molecule has 0 aromatic heterocycles. The van der Waals surface area contributed by atoms with Crippen LogP contribution < -0.4 is 5.14 Å². The Morgan fingerprint density at radius 3 is 2.40 bits per heavy atom. The monoisotopic (exact) mass is 292 g/mol. The van der Waals surface area contributed by atoms with E-state index in [2.05, 4.69) is 41.3 Å². The lowest BCUT2D eigenvalue weighted by Crippen LogP contribution is -2.37.